The number of aromatic nitrogens is 1. The Morgan fingerprint density at radius 1 is 1.08 bits per heavy atom. The van der Waals surface area contributed by atoms with Gasteiger partial charge in [-0.2, -0.15) is 23.5 Å². The fraction of sp³-hybridized carbons (Fsp3) is 0.448. The van der Waals surface area contributed by atoms with Crippen molar-refractivity contribution in [3.63, 3.8) is 0 Å². The lowest BCUT2D eigenvalue weighted by Crippen LogP contribution is -2.39. The van der Waals surface area contributed by atoms with Gasteiger partial charge in [-0.1, -0.05) is 38.6 Å². The van der Waals surface area contributed by atoms with E-state index in [1.54, 1.807) is 12.1 Å². The Kier molecular flexibility index (Phi) is 9.87. The standard InChI is InChI=1S/C28H33FN4OS2.CH4.H2/c1-20-18-33(12-15-36-20)19-21-2-4-22(5-3-21)27-17-25(24-16-23(29)6-7-26(24)31-27)28(34)30-8-9-32-10-13-35-14-11-32;;/h2-7,16-17,20H,8-15,18-19H2,1H3,(H,30,34);1H4;1H/t20-;;/m1../s1. The van der Waals surface area contributed by atoms with Gasteiger partial charge in [0.2, 0.25) is 0 Å². The third-order valence-corrected chi connectivity index (χ3v) is 8.89. The molecule has 8 heteroatoms. The summed E-state index contributed by atoms with van der Waals surface area (Å²) in [4.78, 5) is 22.9. The first-order valence-corrected chi connectivity index (χ1v) is 14.9. The molecule has 2 aliphatic rings. The summed E-state index contributed by atoms with van der Waals surface area (Å²) < 4.78 is 14.1. The molecule has 1 atom stereocenters. The molecule has 0 saturated carbocycles. The number of carbonyl (C=O) groups excluding carboxylic acids is 1. The molecule has 0 radical (unpaired) electrons. The quantitative estimate of drug-likeness (QED) is 0.417. The summed E-state index contributed by atoms with van der Waals surface area (Å²) in [6.07, 6.45) is 0. The number of benzene rings is 2. The summed E-state index contributed by atoms with van der Waals surface area (Å²) >= 11 is 4.01. The van der Waals surface area contributed by atoms with Gasteiger partial charge in [0.1, 0.15) is 5.82 Å². The molecular formula is C29H39FN4OS2. The second kappa shape index (κ2) is 13.1. The highest BCUT2D eigenvalue weighted by atomic mass is 32.2. The Balaban J connectivity index is 0.00000200. The molecule has 5 nitrogen and oxygen atoms in total. The van der Waals surface area contributed by atoms with Gasteiger partial charge in [0, 0.05) is 80.7 Å². The number of thioether (sulfide) groups is 2. The Hall–Kier alpha value is -2.13. The minimum atomic E-state index is -0.369. The predicted octanol–water partition coefficient (Wildman–Crippen LogP) is 5.64. The van der Waals surface area contributed by atoms with Crippen LogP contribution in [0.15, 0.2) is 48.5 Å². The third-order valence-electron chi connectivity index (χ3n) is 6.81. The van der Waals surface area contributed by atoms with Crippen molar-refractivity contribution in [3.8, 4) is 11.3 Å². The maximum atomic E-state index is 14.1. The molecule has 2 aliphatic heterocycles. The maximum Gasteiger partial charge on any atom is 0.252 e. The van der Waals surface area contributed by atoms with E-state index >= 15 is 0 Å². The molecule has 0 unspecified atom stereocenters. The van der Waals surface area contributed by atoms with E-state index in [0.29, 0.717) is 28.3 Å². The number of nitrogens with zero attached hydrogens (tertiary/aromatic N) is 3. The van der Waals surface area contributed by atoms with E-state index in [-0.39, 0.29) is 20.6 Å². The molecule has 1 aromatic heterocycles. The molecule has 1 N–H and O–H groups in total. The van der Waals surface area contributed by atoms with Gasteiger partial charge in [-0.15, -0.1) is 0 Å². The van der Waals surface area contributed by atoms with Crippen molar-refractivity contribution in [2.24, 2.45) is 0 Å². The van der Waals surface area contributed by atoms with Crippen LogP contribution in [0.2, 0.25) is 0 Å². The zero-order chi connectivity index (χ0) is 24.9. The van der Waals surface area contributed by atoms with Crippen LogP contribution in [-0.2, 0) is 6.54 Å². The van der Waals surface area contributed by atoms with Crippen molar-refractivity contribution in [1.29, 1.82) is 0 Å². The summed E-state index contributed by atoms with van der Waals surface area (Å²) in [5.41, 5.74) is 4.03. The van der Waals surface area contributed by atoms with Crippen LogP contribution >= 0.6 is 23.5 Å². The SMILES string of the molecule is C.C[C@@H]1CN(Cc2ccc(-c3cc(C(=O)NCCN4CCSCC4)c4cc(F)ccc4n3)cc2)CCS1.[HH]. The number of amides is 1. The van der Waals surface area contributed by atoms with Crippen molar-refractivity contribution in [2.75, 3.05) is 56.5 Å². The van der Waals surface area contributed by atoms with Crippen molar-refractivity contribution in [3.05, 3.63) is 65.5 Å². The molecule has 0 bridgehead atoms. The van der Waals surface area contributed by atoms with Gasteiger partial charge in [0.25, 0.3) is 5.91 Å². The highest BCUT2D eigenvalue weighted by Crippen LogP contribution is 2.27. The molecule has 2 fully saturated rings. The van der Waals surface area contributed by atoms with Crippen LogP contribution in [0.3, 0.4) is 0 Å². The molecule has 200 valence electrons. The molecule has 3 heterocycles. The molecule has 2 saturated heterocycles. The molecule has 3 aromatic rings. The Labute approximate surface area is 230 Å². The highest BCUT2D eigenvalue weighted by Gasteiger charge is 2.18. The number of halogens is 1. The molecule has 1 amide bonds. The topological polar surface area (TPSA) is 48.5 Å². The van der Waals surface area contributed by atoms with Gasteiger partial charge in [-0.25, -0.2) is 9.37 Å². The first-order valence-electron chi connectivity index (χ1n) is 12.7. The molecule has 2 aromatic carbocycles. The first kappa shape index (κ1) is 27.9. The van der Waals surface area contributed by atoms with Crippen LogP contribution < -0.4 is 5.32 Å². The monoisotopic (exact) mass is 542 g/mol. The number of hydrogen-bond acceptors (Lipinski definition) is 6. The smallest absolute Gasteiger partial charge is 0.252 e. The van der Waals surface area contributed by atoms with Crippen molar-refractivity contribution in [2.45, 2.75) is 26.1 Å². The van der Waals surface area contributed by atoms with Gasteiger partial charge in [-0.3, -0.25) is 14.6 Å². The van der Waals surface area contributed by atoms with Gasteiger partial charge in [0.15, 0.2) is 0 Å². The normalized spacial score (nSPS) is 18.9. The van der Waals surface area contributed by atoms with E-state index in [0.717, 1.165) is 62.0 Å². The summed E-state index contributed by atoms with van der Waals surface area (Å²) in [6, 6.07) is 14.7. The summed E-state index contributed by atoms with van der Waals surface area (Å²) in [6.45, 7) is 8.97. The van der Waals surface area contributed by atoms with Gasteiger partial charge < -0.3 is 5.32 Å². The summed E-state index contributed by atoms with van der Waals surface area (Å²) in [5, 5.41) is 4.27. The minimum absolute atomic E-state index is 0. The largest absolute Gasteiger partial charge is 0.351 e. The zero-order valence-electron chi connectivity index (χ0n) is 20.7. The van der Waals surface area contributed by atoms with Crippen LogP contribution in [0.5, 0.6) is 0 Å². The Morgan fingerprint density at radius 2 is 1.84 bits per heavy atom. The lowest BCUT2D eigenvalue weighted by atomic mass is 10.0. The van der Waals surface area contributed by atoms with Crippen molar-refractivity contribution < 1.29 is 10.6 Å². The zero-order valence-corrected chi connectivity index (χ0v) is 22.3. The van der Waals surface area contributed by atoms with E-state index < -0.39 is 0 Å². The third kappa shape index (κ3) is 7.25. The number of nitrogens with one attached hydrogen (secondary N) is 1. The fourth-order valence-electron chi connectivity index (χ4n) is 4.85. The first-order chi connectivity index (χ1) is 17.5. The predicted molar refractivity (Wildman–Crippen MR) is 159 cm³/mol. The van der Waals surface area contributed by atoms with E-state index in [1.807, 2.05) is 23.5 Å². The molecule has 0 spiro atoms. The molecule has 5 rings (SSSR count). The van der Waals surface area contributed by atoms with Gasteiger partial charge >= 0.3 is 0 Å². The molecular weight excluding hydrogens is 503 g/mol. The van der Waals surface area contributed by atoms with Crippen LogP contribution in [0.25, 0.3) is 22.2 Å². The van der Waals surface area contributed by atoms with E-state index in [4.69, 9.17) is 4.98 Å². The number of hydrogen-bond donors (Lipinski definition) is 1. The maximum absolute atomic E-state index is 14.1. The van der Waals surface area contributed by atoms with Crippen LogP contribution in [0.4, 0.5) is 4.39 Å². The molecule has 0 aliphatic carbocycles. The van der Waals surface area contributed by atoms with Crippen LogP contribution in [-0.4, -0.2) is 82.5 Å². The number of fused-ring (bicyclic) bond motifs is 1. The second-order valence-corrected chi connectivity index (χ2v) is 12.3. The Morgan fingerprint density at radius 3 is 2.59 bits per heavy atom. The second-order valence-electron chi connectivity index (χ2n) is 9.54. The van der Waals surface area contributed by atoms with E-state index in [9.17, 15) is 9.18 Å². The van der Waals surface area contributed by atoms with Gasteiger partial charge in [0.05, 0.1) is 16.8 Å². The van der Waals surface area contributed by atoms with Crippen LogP contribution in [0, 0.1) is 5.82 Å². The average molecular weight is 543 g/mol. The van der Waals surface area contributed by atoms with E-state index in [2.05, 4.69) is 46.3 Å². The van der Waals surface area contributed by atoms with E-state index in [1.165, 1.54) is 23.4 Å². The summed E-state index contributed by atoms with van der Waals surface area (Å²) in [7, 11) is 0. The van der Waals surface area contributed by atoms with Crippen molar-refractivity contribution >= 4 is 40.3 Å². The number of pyridine rings is 1. The number of carbonyl (C=O) groups is 1. The van der Waals surface area contributed by atoms with Gasteiger partial charge in [-0.05, 0) is 29.8 Å². The minimum Gasteiger partial charge on any atom is -0.351 e. The Bertz CT molecular complexity index is 1210. The fourth-order valence-corrected chi connectivity index (χ4v) is 6.92. The average Bonchev–Trinajstić information content (AvgIpc) is 2.89. The number of rotatable bonds is 7. The van der Waals surface area contributed by atoms with Crippen LogP contribution in [0.1, 0.15) is 31.7 Å². The van der Waals surface area contributed by atoms with Crippen molar-refractivity contribution in [1.82, 2.24) is 20.1 Å². The molecule has 37 heavy (non-hydrogen) atoms. The lowest BCUT2D eigenvalue weighted by molar-refractivity contribution is 0.0950. The lowest BCUT2D eigenvalue weighted by Gasteiger charge is -2.30. The summed E-state index contributed by atoms with van der Waals surface area (Å²) in [5.74, 6) is 2.91. The highest BCUT2D eigenvalue weighted by molar-refractivity contribution is 8.00.